The van der Waals surface area contributed by atoms with Gasteiger partial charge in [0, 0.05) is 5.39 Å². The lowest BCUT2D eigenvalue weighted by molar-refractivity contribution is -0.115. The van der Waals surface area contributed by atoms with Crippen LogP contribution >= 0.6 is 11.8 Å². The summed E-state index contributed by atoms with van der Waals surface area (Å²) in [4.78, 5) is 30.6. The van der Waals surface area contributed by atoms with Crippen molar-refractivity contribution in [2.24, 2.45) is 0 Å². The van der Waals surface area contributed by atoms with E-state index in [0.29, 0.717) is 6.42 Å². The molecule has 2 aromatic carbocycles. The van der Waals surface area contributed by atoms with Crippen molar-refractivity contribution in [3.8, 4) is 5.69 Å². The Kier molecular flexibility index (Phi) is 7.27. The molecule has 174 valence electrons. The summed E-state index contributed by atoms with van der Waals surface area (Å²) in [7, 11) is 0. The molecule has 34 heavy (non-hydrogen) atoms. The number of nitrogens with one attached hydrogen (secondary N) is 1. The second-order valence-corrected chi connectivity index (χ2v) is 8.90. The van der Waals surface area contributed by atoms with Gasteiger partial charge in [-0.3, -0.25) is 4.79 Å². The summed E-state index contributed by atoms with van der Waals surface area (Å²) in [5.41, 5.74) is 2.93. The fraction of sp³-hybridized carbons (Fsp3) is 0.231. The van der Waals surface area contributed by atoms with E-state index in [9.17, 15) is 9.59 Å². The molecule has 1 N–H and O–H groups in total. The maximum Gasteiger partial charge on any atom is 0.343 e. The molecular weight excluding hydrogens is 448 g/mol. The number of aryl methyl sites for hydroxylation is 1. The molecular formula is C26H26N4O3S. The SMILES string of the molecule is CCOC(=O)c1cnn(-c2ccccc2)c1NC(=O)C(CC)Sc1cc(C)c2ccccc2n1. The van der Waals surface area contributed by atoms with Gasteiger partial charge in [0.15, 0.2) is 5.82 Å². The lowest BCUT2D eigenvalue weighted by atomic mass is 10.1. The van der Waals surface area contributed by atoms with Gasteiger partial charge in [-0.2, -0.15) is 5.10 Å². The van der Waals surface area contributed by atoms with Gasteiger partial charge in [0.25, 0.3) is 0 Å². The molecule has 0 fully saturated rings. The van der Waals surface area contributed by atoms with Crippen molar-refractivity contribution in [2.45, 2.75) is 37.5 Å². The van der Waals surface area contributed by atoms with E-state index in [4.69, 9.17) is 9.72 Å². The van der Waals surface area contributed by atoms with Crippen LogP contribution in [0.25, 0.3) is 16.6 Å². The molecule has 1 unspecified atom stereocenters. The van der Waals surface area contributed by atoms with E-state index >= 15 is 0 Å². The molecule has 4 aromatic rings. The number of amides is 1. The van der Waals surface area contributed by atoms with Crippen molar-refractivity contribution in [1.29, 1.82) is 0 Å². The van der Waals surface area contributed by atoms with E-state index in [1.165, 1.54) is 18.0 Å². The highest BCUT2D eigenvalue weighted by Crippen LogP contribution is 2.30. The third-order valence-corrected chi connectivity index (χ3v) is 6.62. The second-order valence-electron chi connectivity index (χ2n) is 7.67. The van der Waals surface area contributed by atoms with Crippen molar-refractivity contribution in [3.63, 3.8) is 0 Å². The van der Waals surface area contributed by atoms with Crippen molar-refractivity contribution < 1.29 is 14.3 Å². The number of ether oxygens (including phenoxy) is 1. The molecule has 0 spiro atoms. The molecule has 0 aliphatic heterocycles. The molecule has 8 heteroatoms. The Balaban J connectivity index is 1.63. The minimum Gasteiger partial charge on any atom is -0.462 e. The lowest BCUT2D eigenvalue weighted by Crippen LogP contribution is -2.27. The number of thioether (sulfide) groups is 1. The summed E-state index contributed by atoms with van der Waals surface area (Å²) in [5, 5.41) is 8.73. The van der Waals surface area contributed by atoms with Crippen LogP contribution in [0.5, 0.6) is 0 Å². The van der Waals surface area contributed by atoms with Crippen LogP contribution in [0.4, 0.5) is 5.82 Å². The first-order chi connectivity index (χ1) is 16.5. The van der Waals surface area contributed by atoms with Crippen LogP contribution in [-0.2, 0) is 9.53 Å². The van der Waals surface area contributed by atoms with Crippen LogP contribution < -0.4 is 5.32 Å². The van der Waals surface area contributed by atoms with E-state index < -0.39 is 11.2 Å². The van der Waals surface area contributed by atoms with Gasteiger partial charge in [0.1, 0.15) is 5.56 Å². The van der Waals surface area contributed by atoms with Gasteiger partial charge in [0.2, 0.25) is 5.91 Å². The summed E-state index contributed by atoms with van der Waals surface area (Å²) in [6.07, 6.45) is 2.00. The monoisotopic (exact) mass is 474 g/mol. The Hall–Kier alpha value is -3.65. The molecule has 0 saturated heterocycles. The quantitative estimate of drug-likeness (QED) is 0.271. The Morgan fingerprint density at radius 3 is 2.56 bits per heavy atom. The summed E-state index contributed by atoms with van der Waals surface area (Å²) in [5.74, 6) is -0.479. The van der Waals surface area contributed by atoms with Crippen molar-refractivity contribution in [3.05, 3.63) is 78.0 Å². The van der Waals surface area contributed by atoms with Crippen molar-refractivity contribution in [1.82, 2.24) is 14.8 Å². The number of carbonyl (C=O) groups is 2. The number of hydrogen-bond donors (Lipinski definition) is 1. The van der Waals surface area contributed by atoms with Gasteiger partial charge in [-0.15, -0.1) is 0 Å². The van der Waals surface area contributed by atoms with Gasteiger partial charge in [0.05, 0.1) is 34.3 Å². The number of carbonyl (C=O) groups excluding carboxylic acids is 2. The van der Waals surface area contributed by atoms with E-state index in [-0.39, 0.29) is 23.9 Å². The zero-order valence-corrected chi connectivity index (χ0v) is 20.1. The average Bonchev–Trinajstić information content (AvgIpc) is 3.26. The molecule has 4 rings (SSSR count). The Morgan fingerprint density at radius 2 is 1.82 bits per heavy atom. The molecule has 1 atom stereocenters. The smallest absolute Gasteiger partial charge is 0.343 e. The van der Waals surface area contributed by atoms with Crippen LogP contribution in [0.15, 0.2) is 71.9 Å². The Bertz CT molecular complexity index is 1320. The summed E-state index contributed by atoms with van der Waals surface area (Å²) >= 11 is 1.40. The minimum absolute atomic E-state index is 0.207. The predicted octanol–water partition coefficient (Wildman–Crippen LogP) is 5.42. The molecule has 7 nitrogen and oxygen atoms in total. The lowest BCUT2D eigenvalue weighted by Gasteiger charge is -2.17. The van der Waals surface area contributed by atoms with Crippen LogP contribution in [0.3, 0.4) is 0 Å². The van der Waals surface area contributed by atoms with E-state index in [2.05, 4.69) is 10.4 Å². The van der Waals surface area contributed by atoms with Gasteiger partial charge in [-0.05, 0) is 50.1 Å². The highest BCUT2D eigenvalue weighted by atomic mass is 32.2. The number of fused-ring (bicyclic) bond motifs is 1. The molecule has 0 aliphatic carbocycles. The molecule has 2 aromatic heterocycles. The number of para-hydroxylation sites is 2. The number of nitrogens with zero attached hydrogens (tertiary/aromatic N) is 3. The van der Waals surface area contributed by atoms with Gasteiger partial charge in [-0.25, -0.2) is 14.5 Å². The van der Waals surface area contributed by atoms with Crippen LogP contribution in [0.1, 0.15) is 36.2 Å². The maximum atomic E-state index is 13.4. The van der Waals surface area contributed by atoms with Crippen LogP contribution in [0.2, 0.25) is 0 Å². The van der Waals surface area contributed by atoms with E-state index in [1.54, 1.807) is 11.6 Å². The molecule has 0 radical (unpaired) electrons. The number of hydrogen-bond acceptors (Lipinski definition) is 6. The third kappa shape index (κ3) is 4.97. The molecule has 0 saturated carbocycles. The standard InChI is InChI=1S/C26H26N4O3S/c1-4-22(34-23-15-17(3)19-13-9-10-14-21(19)28-23)25(31)29-24-20(26(32)33-5-2)16-27-30(24)18-11-7-6-8-12-18/h6-16,22H,4-5H2,1-3H3,(H,29,31). The molecule has 0 bridgehead atoms. The van der Waals surface area contributed by atoms with Gasteiger partial charge >= 0.3 is 5.97 Å². The second kappa shape index (κ2) is 10.5. The third-order valence-electron chi connectivity index (χ3n) is 5.33. The highest BCUT2D eigenvalue weighted by molar-refractivity contribution is 8.00. The number of benzene rings is 2. The van der Waals surface area contributed by atoms with Gasteiger partial charge < -0.3 is 10.1 Å². The maximum absolute atomic E-state index is 13.4. The first-order valence-corrected chi connectivity index (χ1v) is 12.0. The summed E-state index contributed by atoms with van der Waals surface area (Å²) < 4.78 is 6.72. The van der Waals surface area contributed by atoms with Gasteiger partial charge in [-0.1, -0.05) is 55.1 Å². The summed E-state index contributed by atoms with van der Waals surface area (Å²) in [6.45, 7) is 5.95. The number of anilines is 1. The number of esters is 1. The largest absolute Gasteiger partial charge is 0.462 e. The number of aromatic nitrogens is 3. The zero-order chi connectivity index (χ0) is 24.1. The van der Waals surface area contributed by atoms with E-state index in [1.807, 2.05) is 74.5 Å². The Morgan fingerprint density at radius 1 is 1.09 bits per heavy atom. The first kappa shape index (κ1) is 23.5. The zero-order valence-electron chi connectivity index (χ0n) is 19.3. The topological polar surface area (TPSA) is 86.1 Å². The minimum atomic E-state index is -0.535. The summed E-state index contributed by atoms with van der Waals surface area (Å²) in [6, 6.07) is 19.3. The number of pyridine rings is 1. The van der Waals surface area contributed by atoms with Crippen molar-refractivity contribution in [2.75, 3.05) is 11.9 Å². The van der Waals surface area contributed by atoms with E-state index in [0.717, 1.165) is 27.2 Å². The number of rotatable bonds is 8. The molecule has 2 heterocycles. The van der Waals surface area contributed by atoms with Crippen molar-refractivity contribution >= 4 is 40.4 Å². The van der Waals surface area contributed by atoms with Crippen LogP contribution in [-0.4, -0.2) is 38.5 Å². The molecule has 0 aliphatic rings. The first-order valence-electron chi connectivity index (χ1n) is 11.2. The fourth-order valence-electron chi connectivity index (χ4n) is 3.64. The Labute approximate surface area is 202 Å². The normalized spacial score (nSPS) is 11.9. The highest BCUT2D eigenvalue weighted by Gasteiger charge is 2.25. The van der Waals surface area contributed by atoms with Crippen LogP contribution in [0, 0.1) is 6.92 Å². The molecule has 1 amide bonds. The predicted molar refractivity (Wildman–Crippen MR) is 135 cm³/mol. The average molecular weight is 475 g/mol. The fourth-order valence-corrected chi connectivity index (χ4v) is 4.66.